The SMILES string of the molecule is Cc1ccccc1-c1ccc(OCCN)c(F)c1.Cl. The molecule has 2 aromatic rings. The Morgan fingerprint density at radius 3 is 2.53 bits per heavy atom. The van der Waals surface area contributed by atoms with Crippen molar-refractivity contribution in [2.75, 3.05) is 13.2 Å². The number of nitrogens with two attached hydrogens (primary N) is 1. The zero-order valence-electron chi connectivity index (χ0n) is 10.7. The van der Waals surface area contributed by atoms with Gasteiger partial charge in [-0.1, -0.05) is 30.3 Å². The van der Waals surface area contributed by atoms with Gasteiger partial charge in [0.1, 0.15) is 6.61 Å². The lowest BCUT2D eigenvalue weighted by molar-refractivity contribution is 0.311. The third-order valence-corrected chi connectivity index (χ3v) is 2.76. The fourth-order valence-corrected chi connectivity index (χ4v) is 1.85. The van der Waals surface area contributed by atoms with E-state index in [9.17, 15) is 4.39 Å². The molecule has 0 saturated carbocycles. The van der Waals surface area contributed by atoms with Crippen molar-refractivity contribution in [3.63, 3.8) is 0 Å². The number of rotatable bonds is 4. The van der Waals surface area contributed by atoms with Crippen molar-refractivity contribution in [2.45, 2.75) is 6.92 Å². The molecule has 4 heteroatoms. The monoisotopic (exact) mass is 281 g/mol. The molecule has 0 saturated heterocycles. The van der Waals surface area contributed by atoms with Gasteiger partial charge in [0, 0.05) is 6.54 Å². The summed E-state index contributed by atoms with van der Waals surface area (Å²) in [7, 11) is 0. The summed E-state index contributed by atoms with van der Waals surface area (Å²) in [5.74, 6) is -0.109. The summed E-state index contributed by atoms with van der Waals surface area (Å²) >= 11 is 0. The smallest absolute Gasteiger partial charge is 0.165 e. The molecule has 2 nitrogen and oxygen atoms in total. The second-order valence-electron chi connectivity index (χ2n) is 4.10. The van der Waals surface area contributed by atoms with E-state index in [1.54, 1.807) is 6.07 Å². The number of aryl methyl sites for hydroxylation is 1. The molecule has 0 aromatic heterocycles. The highest BCUT2D eigenvalue weighted by Gasteiger charge is 2.07. The molecule has 0 radical (unpaired) electrons. The van der Waals surface area contributed by atoms with Crippen LogP contribution in [-0.4, -0.2) is 13.2 Å². The normalized spacial score (nSPS) is 9.84. The first-order valence-electron chi connectivity index (χ1n) is 5.91. The van der Waals surface area contributed by atoms with Gasteiger partial charge >= 0.3 is 0 Å². The van der Waals surface area contributed by atoms with Gasteiger partial charge in [-0.2, -0.15) is 0 Å². The molecule has 0 unspecified atom stereocenters. The lowest BCUT2D eigenvalue weighted by atomic mass is 10.0. The second-order valence-corrected chi connectivity index (χ2v) is 4.10. The van der Waals surface area contributed by atoms with Crippen LogP contribution in [0.25, 0.3) is 11.1 Å². The van der Waals surface area contributed by atoms with E-state index in [4.69, 9.17) is 10.5 Å². The highest BCUT2D eigenvalue weighted by Crippen LogP contribution is 2.27. The summed E-state index contributed by atoms with van der Waals surface area (Å²) in [6, 6.07) is 12.9. The number of ether oxygens (including phenoxy) is 1. The molecule has 0 aliphatic heterocycles. The number of halogens is 2. The summed E-state index contributed by atoms with van der Waals surface area (Å²) in [5, 5.41) is 0. The van der Waals surface area contributed by atoms with Crippen molar-refractivity contribution in [1.82, 2.24) is 0 Å². The Kier molecular flexibility index (Phi) is 5.80. The predicted molar refractivity (Wildman–Crippen MR) is 78.4 cm³/mol. The Labute approximate surface area is 118 Å². The van der Waals surface area contributed by atoms with Crippen LogP contribution >= 0.6 is 12.4 Å². The van der Waals surface area contributed by atoms with Crippen LogP contribution in [0.1, 0.15) is 5.56 Å². The molecular weight excluding hydrogens is 265 g/mol. The van der Waals surface area contributed by atoms with Crippen molar-refractivity contribution in [1.29, 1.82) is 0 Å². The molecule has 0 heterocycles. The van der Waals surface area contributed by atoms with Gasteiger partial charge < -0.3 is 10.5 Å². The van der Waals surface area contributed by atoms with Gasteiger partial charge in [-0.25, -0.2) is 4.39 Å². The van der Waals surface area contributed by atoms with E-state index in [1.807, 2.05) is 37.3 Å². The first-order valence-corrected chi connectivity index (χ1v) is 5.91. The molecule has 19 heavy (non-hydrogen) atoms. The molecule has 0 spiro atoms. The quantitative estimate of drug-likeness (QED) is 0.930. The first-order chi connectivity index (χ1) is 8.72. The topological polar surface area (TPSA) is 35.2 Å². The van der Waals surface area contributed by atoms with E-state index in [1.165, 1.54) is 6.07 Å². The van der Waals surface area contributed by atoms with Crippen LogP contribution < -0.4 is 10.5 Å². The summed E-state index contributed by atoms with van der Waals surface area (Å²) < 4.78 is 19.0. The fraction of sp³-hybridized carbons (Fsp3) is 0.200. The maximum atomic E-state index is 13.8. The summed E-state index contributed by atoms with van der Waals surface area (Å²) in [5.41, 5.74) is 8.32. The Morgan fingerprint density at radius 1 is 1.16 bits per heavy atom. The molecule has 0 bridgehead atoms. The molecule has 0 atom stereocenters. The van der Waals surface area contributed by atoms with Crippen molar-refractivity contribution in [3.8, 4) is 16.9 Å². The molecule has 102 valence electrons. The summed E-state index contributed by atoms with van der Waals surface area (Å²) in [4.78, 5) is 0. The van der Waals surface area contributed by atoms with Gasteiger partial charge in [0.05, 0.1) is 0 Å². The van der Waals surface area contributed by atoms with Gasteiger partial charge in [-0.15, -0.1) is 12.4 Å². The van der Waals surface area contributed by atoms with Crippen LogP contribution in [0.2, 0.25) is 0 Å². The Bertz CT molecular complexity index is 545. The molecular formula is C15H17ClFNO. The Hall–Kier alpha value is -1.58. The largest absolute Gasteiger partial charge is 0.489 e. The van der Waals surface area contributed by atoms with Crippen LogP contribution in [0, 0.1) is 12.7 Å². The number of hydrogen-bond donors (Lipinski definition) is 1. The van der Waals surface area contributed by atoms with E-state index in [-0.39, 0.29) is 24.0 Å². The third kappa shape index (κ3) is 3.69. The van der Waals surface area contributed by atoms with Crippen molar-refractivity contribution in [2.24, 2.45) is 5.73 Å². The van der Waals surface area contributed by atoms with E-state index >= 15 is 0 Å². The van der Waals surface area contributed by atoms with Crippen LogP contribution in [0.4, 0.5) is 4.39 Å². The van der Waals surface area contributed by atoms with E-state index < -0.39 is 0 Å². The number of benzene rings is 2. The van der Waals surface area contributed by atoms with Gasteiger partial charge in [-0.05, 0) is 35.7 Å². The lowest BCUT2D eigenvalue weighted by Crippen LogP contribution is -2.11. The highest BCUT2D eigenvalue weighted by molar-refractivity contribution is 5.85. The lowest BCUT2D eigenvalue weighted by Gasteiger charge is -2.09. The van der Waals surface area contributed by atoms with Crippen LogP contribution in [0.15, 0.2) is 42.5 Å². The zero-order valence-corrected chi connectivity index (χ0v) is 11.5. The van der Waals surface area contributed by atoms with Crippen molar-refractivity contribution < 1.29 is 9.13 Å². The summed E-state index contributed by atoms with van der Waals surface area (Å²) in [6.45, 7) is 2.70. The van der Waals surface area contributed by atoms with Gasteiger partial charge in [0.15, 0.2) is 11.6 Å². The summed E-state index contributed by atoms with van der Waals surface area (Å²) in [6.07, 6.45) is 0. The van der Waals surface area contributed by atoms with Gasteiger partial charge in [-0.3, -0.25) is 0 Å². The highest BCUT2D eigenvalue weighted by atomic mass is 35.5. The predicted octanol–water partition coefficient (Wildman–Crippen LogP) is 3.56. The Balaban J connectivity index is 0.00000180. The maximum Gasteiger partial charge on any atom is 0.165 e. The van der Waals surface area contributed by atoms with E-state index in [0.717, 1.165) is 16.7 Å². The van der Waals surface area contributed by atoms with Gasteiger partial charge in [0.2, 0.25) is 0 Å². The minimum atomic E-state index is -0.357. The van der Waals surface area contributed by atoms with Crippen molar-refractivity contribution >= 4 is 12.4 Å². The van der Waals surface area contributed by atoms with Crippen LogP contribution in [-0.2, 0) is 0 Å². The fourth-order valence-electron chi connectivity index (χ4n) is 1.85. The minimum Gasteiger partial charge on any atom is -0.489 e. The molecule has 0 aliphatic rings. The second kappa shape index (κ2) is 7.12. The molecule has 0 amide bonds. The molecule has 2 aromatic carbocycles. The number of hydrogen-bond acceptors (Lipinski definition) is 2. The Morgan fingerprint density at radius 2 is 1.89 bits per heavy atom. The molecule has 2 N–H and O–H groups in total. The van der Waals surface area contributed by atoms with Crippen LogP contribution in [0.3, 0.4) is 0 Å². The standard InChI is InChI=1S/C15H16FNO.ClH/c1-11-4-2-3-5-13(11)12-6-7-15(14(16)10-12)18-9-8-17;/h2-7,10H,8-9,17H2,1H3;1H. The minimum absolute atomic E-state index is 0. The van der Waals surface area contributed by atoms with Crippen LogP contribution in [0.5, 0.6) is 5.75 Å². The molecule has 0 fully saturated rings. The molecule has 2 rings (SSSR count). The van der Waals surface area contributed by atoms with E-state index in [2.05, 4.69) is 0 Å². The van der Waals surface area contributed by atoms with Gasteiger partial charge in [0.25, 0.3) is 0 Å². The van der Waals surface area contributed by atoms with E-state index in [0.29, 0.717) is 13.2 Å². The third-order valence-electron chi connectivity index (χ3n) is 2.76. The average Bonchev–Trinajstić information content (AvgIpc) is 2.38. The maximum absolute atomic E-state index is 13.8. The zero-order chi connectivity index (χ0) is 13.0. The van der Waals surface area contributed by atoms with Crippen molar-refractivity contribution in [3.05, 3.63) is 53.8 Å². The average molecular weight is 282 g/mol. The molecule has 0 aliphatic carbocycles. The first kappa shape index (κ1) is 15.5.